The first kappa shape index (κ1) is 9.98. The highest BCUT2D eigenvalue weighted by molar-refractivity contribution is 9.10. The fraction of sp³-hybridized carbons (Fsp3) is 0.667. The first-order valence-corrected chi connectivity index (χ1v) is 5.65. The Morgan fingerprint density at radius 2 is 2.14 bits per heavy atom. The molecule has 1 aliphatic rings. The molecule has 2 heterocycles. The number of nitrogen functional groups attached to an aromatic ring is 1. The molecule has 1 aromatic heterocycles. The quantitative estimate of drug-likeness (QED) is 0.831. The highest BCUT2D eigenvalue weighted by atomic mass is 79.9. The molecular formula is C9H15BrN4. The van der Waals surface area contributed by atoms with Crippen molar-refractivity contribution in [2.24, 2.45) is 0 Å². The van der Waals surface area contributed by atoms with Crippen molar-refractivity contribution < 1.29 is 0 Å². The molecule has 2 rings (SSSR count). The van der Waals surface area contributed by atoms with Crippen LogP contribution in [0.1, 0.15) is 18.9 Å². The Morgan fingerprint density at radius 3 is 2.64 bits per heavy atom. The third kappa shape index (κ3) is 1.79. The molecule has 0 bridgehead atoms. The van der Waals surface area contributed by atoms with Gasteiger partial charge in [-0.2, -0.15) is 5.10 Å². The van der Waals surface area contributed by atoms with Gasteiger partial charge in [-0.25, -0.2) is 0 Å². The number of hydrogen-bond donors (Lipinski definition) is 1. The molecule has 0 radical (unpaired) electrons. The number of likely N-dealkylation sites (tertiary alicyclic amines) is 1. The molecule has 0 unspecified atom stereocenters. The van der Waals surface area contributed by atoms with Crippen molar-refractivity contribution in [3.05, 3.63) is 10.8 Å². The van der Waals surface area contributed by atoms with Gasteiger partial charge in [0.15, 0.2) is 0 Å². The number of hydrogen-bond acceptors (Lipinski definition) is 3. The molecule has 5 heteroatoms. The summed E-state index contributed by atoms with van der Waals surface area (Å²) in [5.41, 5.74) is 6.46. The lowest BCUT2D eigenvalue weighted by Crippen LogP contribution is -2.31. The van der Waals surface area contributed by atoms with Crippen molar-refractivity contribution >= 4 is 21.6 Å². The molecule has 1 aromatic rings. The van der Waals surface area contributed by atoms with Gasteiger partial charge in [0.2, 0.25) is 0 Å². The van der Waals surface area contributed by atoms with Gasteiger partial charge in [0, 0.05) is 0 Å². The highest BCUT2D eigenvalue weighted by Crippen LogP contribution is 2.28. The SMILES string of the molecule is CN1CCC(n2ncc(N)c2Br)CC1. The molecule has 0 aromatic carbocycles. The summed E-state index contributed by atoms with van der Waals surface area (Å²) in [6, 6.07) is 0.498. The summed E-state index contributed by atoms with van der Waals surface area (Å²) in [6.45, 7) is 2.27. The van der Waals surface area contributed by atoms with Gasteiger partial charge in [-0.15, -0.1) is 0 Å². The fourth-order valence-electron chi connectivity index (χ4n) is 1.85. The number of halogens is 1. The minimum absolute atomic E-state index is 0.498. The van der Waals surface area contributed by atoms with Gasteiger partial charge in [-0.3, -0.25) is 4.68 Å². The van der Waals surface area contributed by atoms with Crippen molar-refractivity contribution in [2.45, 2.75) is 18.9 Å². The standard InChI is InChI=1S/C9H15BrN4/c1-13-4-2-7(3-5-13)14-9(10)8(11)6-12-14/h6-7H,2-5,11H2,1H3. The van der Waals surface area contributed by atoms with Crippen LogP contribution in [0.15, 0.2) is 10.8 Å². The molecule has 1 aliphatic heterocycles. The summed E-state index contributed by atoms with van der Waals surface area (Å²) in [6.07, 6.45) is 4.01. The molecule has 1 fully saturated rings. The van der Waals surface area contributed by atoms with E-state index in [2.05, 4.69) is 33.0 Å². The van der Waals surface area contributed by atoms with Crippen molar-refractivity contribution in [1.82, 2.24) is 14.7 Å². The van der Waals surface area contributed by atoms with E-state index >= 15 is 0 Å². The van der Waals surface area contributed by atoms with Crippen LogP contribution in [-0.2, 0) is 0 Å². The van der Waals surface area contributed by atoms with Crippen molar-refractivity contribution in [3.8, 4) is 0 Å². The molecule has 78 valence electrons. The van der Waals surface area contributed by atoms with Crippen LogP contribution in [0.5, 0.6) is 0 Å². The van der Waals surface area contributed by atoms with Gasteiger partial charge < -0.3 is 10.6 Å². The van der Waals surface area contributed by atoms with E-state index < -0.39 is 0 Å². The predicted octanol–water partition coefficient (Wildman–Crippen LogP) is 1.49. The van der Waals surface area contributed by atoms with E-state index in [1.807, 2.05) is 4.68 Å². The van der Waals surface area contributed by atoms with Crippen LogP contribution in [0.2, 0.25) is 0 Å². The number of aromatic nitrogens is 2. The monoisotopic (exact) mass is 258 g/mol. The molecule has 2 N–H and O–H groups in total. The molecule has 0 aliphatic carbocycles. The number of nitrogens with two attached hydrogens (primary N) is 1. The first-order valence-electron chi connectivity index (χ1n) is 4.85. The maximum atomic E-state index is 5.73. The topological polar surface area (TPSA) is 47.1 Å². The Bertz CT molecular complexity index is 315. The summed E-state index contributed by atoms with van der Waals surface area (Å²) in [5.74, 6) is 0. The Labute approximate surface area is 92.2 Å². The van der Waals surface area contributed by atoms with Crippen LogP contribution in [0.4, 0.5) is 5.69 Å². The molecule has 4 nitrogen and oxygen atoms in total. The predicted molar refractivity (Wildman–Crippen MR) is 60.1 cm³/mol. The zero-order valence-electron chi connectivity index (χ0n) is 8.28. The van der Waals surface area contributed by atoms with Crippen LogP contribution in [0.25, 0.3) is 0 Å². The molecule has 0 atom stereocenters. The molecule has 0 saturated carbocycles. The van der Waals surface area contributed by atoms with E-state index in [4.69, 9.17) is 5.73 Å². The Hall–Kier alpha value is -0.550. The van der Waals surface area contributed by atoms with Crippen LogP contribution in [0, 0.1) is 0 Å². The summed E-state index contributed by atoms with van der Waals surface area (Å²) >= 11 is 3.46. The van der Waals surface area contributed by atoms with Gasteiger partial charge in [-0.1, -0.05) is 0 Å². The van der Waals surface area contributed by atoms with Crippen LogP contribution < -0.4 is 5.73 Å². The largest absolute Gasteiger partial charge is 0.395 e. The fourth-order valence-corrected chi connectivity index (χ4v) is 2.34. The third-order valence-corrected chi connectivity index (χ3v) is 3.62. The number of rotatable bonds is 1. The van der Waals surface area contributed by atoms with E-state index in [9.17, 15) is 0 Å². The van der Waals surface area contributed by atoms with E-state index in [-0.39, 0.29) is 0 Å². The lowest BCUT2D eigenvalue weighted by atomic mass is 10.1. The second-order valence-corrected chi connectivity index (χ2v) is 4.62. The zero-order valence-corrected chi connectivity index (χ0v) is 9.87. The van der Waals surface area contributed by atoms with Gasteiger partial charge in [0.25, 0.3) is 0 Å². The maximum Gasteiger partial charge on any atom is 0.127 e. The minimum atomic E-state index is 0.498. The van der Waals surface area contributed by atoms with Crippen molar-refractivity contribution in [2.75, 3.05) is 25.9 Å². The Morgan fingerprint density at radius 1 is 1.50 bits per heavy atom. The number of nitrogens with zero attached hydrogens (tertiary/aromatic N) is 3. The Kier molecular flexibility index (Phi) is 2.78. The summed E-state index contributed by atoms with van der Waals surface area (Å²) in [7, 11) is 2.16. The molecule has 0 spiro atoms. The normalized spacial score (nSPS) is 20.1. The van der Waals surface area contributed by atoms with Crippen LogP contribution in [0.3, 0.4) is 0 Å². The number of piperidine rings is 1. The van der Waals surface area contributed by atoms with Crippen molar-refractivity contribution in [1.29, 1.82) is 0 Å². The molecule has 1 saturated heterocycles. The van der Waals surface area contributed by atoms with E-state index in [0.717, 1.165) is 36.2 Å². The van der Waals surface area contributed by atoms with E-state index in [1.165, 1.54) is 0 Å². The van der Waals surface area contributed by atoms with E-state index in [1.54, 1.807) is 6.20 Å². The molecular weight excluding hydrogens is 244 g/mol. The smallest absolute Gasteiger partial charge is 0.127 e. The third-order valence-electron chi connectivity index (χ3n) is 2.79. The van der Waals surface area contributed by atoms with Crippen LogP contribution in [-0.4, -0.2) is 34.8 Å². The van der Waals surface area contributed by atoms with E-state index in [0.29, 0.717) is 6.04 Å². The van der Waals surface area contributed by atoms with Gasteiger partial charge in [0.05, 0.1) is 17.9 Å². The summed E-state index contributed by atoms with van der Waals surface area (Å²) in [4.78, 5) is 2.34. The van der Waals surface area contributed by atoms with Crippen LogP contribution >= 0.6 is 15.9 Å². The van der Waals surface area contributed by atoms with Gasteiger partial charge >= 0.3 is 0 Å². The summed E-state index contributed by atoms with van der Waals surface area (Å²) in [5, 5.41) is 4.29. The number of anilines is 1. The minimum Gasteiger partial charge on any atom is -0.395 e. The highest BCUT2D eigenvalue weighted by Gasteiger charge is 2.20. The van der Waals surface area contributed by atoms with Gasteiger partial charge in [0.1, 0.15) is 4.60 Å². The second kappa shape index (κ2) is 3.90. The zero-order chi connectivity index (χ0) is 10.1. The molecule has 14 heavy (non-hydrogen) atoms. The molecule has 0 amide bonds. The lowest BCUT2D eigenvalue weighted by molar-refractivity contribution is 0.210. The van der Waals surface area contributed by atoms with Crippen molar-refractivity contribution in [3.63, 3.8) is 0 Å². The maximum absolute atomic E-state index is 5.73. The average Bonchev–Trinajstić information content (AvgIpc) is 2.50. The summed E-state index contributed by atoms with van der Waals surface area (Å²) < 4.78 is 2.93. The second-order valence-electron chi connectivity index (χ2n) is 3.87. The Balaban J connectivity index is 2.12. The average molecular weight is 259 g/mol. The lowest BCUT2D eigenvalue weighted by Gasteiger charge is -2.29. The van der Waals surface area contributed by atoms with Gasteiger partial charge in [-0.05, 0) is 48.9 Å². The first-order chi connectivity index (χ1) is 6.68.